The number of hydrogen-bond acceptors (Lipinski definition) is 2. The molecule has 0 heterocycles. The van der Waals surface area contributed by atoms with Gasteiger partial charge in [-0.25, -0.2) is 4.79 Å². The molecule has 2 rings (SSSR count). The molecule has 0 fully saturated rings. The van der Waals surface area contributed by atoms with Crippen molar-refractivity contribution in [3.05, 3.63) is 63.6 Å². The Morgan fingerprint density at radius 1 is 1.21 bits per heavy atom. The van der Waals surface area contributed by atoms with Crippen LogP contribution in [0.2, 0.25) is 0 Å². The summed E-state index contributed by atoms with van der Waals surface area (Å²) in [6, 6.07) is 12.5. The molecule has 0 saturated heterocycles. The number of carboxylic acid groups (broad SMARTS) is 1. The molecule has 98 valence electrons. The highest BCUT2D eigenvalue weighted by molar-refractivity contribution is 9.10. The Bertz CT molecular complexity index is 591. The Morgan fingerprint density at radius 2 is 1.89 bits per heavy atom. The second-order valence-electron chi connectivity index (χ2n) is 4.20. The van der Waals surface area contributed by atoms with E-state index in [4.69, 9.17) is 9.84 Å². The second-order valence-corrected chi connectivity index (χ2v) is 5.06. The molecule has 19 heavy (non-hydrogen) atoms. The maximum atomic E-state index is 10.7. The van der Waals surface area contributed by atoms with Gasteiger partial charge in [-0.2, -0.15) is 0 Å². The van der Waals surface area contributed by atoms with Crippen LogP contribution < -0.4 is 4.74 Å². The number of carboxylic acids is 1. The van der Waals surface area contributed by atoms with Crippen molar-refractivity contribution in [2.45, 2.75) is 13.5 Å². The maximum Gasteiger partial charge on any atom is 0.335 e. The van der Waals surface area contributed by atoms with Gasteiger partial charge in [-0.3, -0.25) is 0 Å². The van der Waals surface area contributed by atoms with Crippen molar-refractivity contribution in [2.75, 3.05) is 0 Å². The smallest absolute Gasteiger partial charge is 0.335 e. The average Bonchev–Trinajstić information content (AvgIpc) is 2.40. The maximum absolute atomic E-state index is 10.7. The van der Waals surface area contributed by atoms with Gasteiger partial charge in [0.15, 0.2) is 0 Å². The van der Waals surface area contributed by atoms with Crippen LogP contribution in [0.5, 0.6) is 5.75 Å². The second kappa shape index (κ2) is 5.89. The summed E-state index contributed by atoms with van der Waals surface area (Å²) in [5, 5.41) is 8.80. The van der Waals surface area contributed by atoms with E-state index in [9.17, 15) is 4.79 Å². The summed E-state index contributed by atoms with van der Waals surface area (Å²) >= 11 is 3.44. The van der Waals surface area contributed by atoms with E-state index in [0.29, 0.717) is 6.61 Å². The minimum Gasteiger partial charge on any atom is -0.489 e. The molecule has 4 heteroatoms. The Labute approximate surface area is 120 Å². The molecule has 0 spiro atoms. The van der Waals surface area contributed by atoms with E-state index in [-0.39, 0.29) is 5.56 Å². The number of aryl methyl sites for hydroxylation is 1. The van der Waals surface area contributed by atoms with Crippen LogP contribution in [-0.4, -0.2) is 11.1 Å². The largest absolute Gasteiger partial charge is 0.489 e. The third-order valence-corrected chi connectivity index (χ3v) is 3.63. The lowest BCUT2D eigenvalue weighted by Gasteiger charge is -2.08. The number of benzene rings is 2. The van der Waals surface area contributed by atoms with E-state index in [0.717, 1.165) is 21.3 Å². The normalized spacial score (nSPS) is 10.2. The SMILES string of the molecule is Cc1cc(OCc2ccc(C(=O)O)cc2)ccc1Br. The van der Waals surface area contributed by atoms with Gasteiger partial charge in [-0.1, -0.05) is 28.1 Å². The first-order valence-electron chi connectivity index (χ1n) is 5.77. The summed E-state index contributed by atoms with van der Waals surface area (Å²) in [6.07, 6.45) is 0. The van der Waals surface area contributed by atoms with E-state index in [1.807, 2.05) is 25.1 Å². The average molecular weight is 321 g/mol. The Balaban J connectivity index is 2.01. The number of aromatic carboxylic acids is 1. The van der Waals surface area contributed by atoms with Crippen LogP contribution in [0.1, 0.15) is 21.5 Å². The minimum atomic E-state index is -0.920. The van der Waals surface area contributed by atoms with Crippen LogP contribution in [0.3, 0.4) is 0 Å². The van der Waals surface area contributed by atoms with Gasteiger partial charge >= 0.3 is 5.97 Å². The zero-order chi connectivity index (χ0) is 13.8. The molecular weight excluding hydrogens is 308 g/mol. The number of carbonyl (C=O) groups is 1. The third kappa shape index (κ3) is 3.58. The van der Waals surface area contributed by atoms with Crippen LogP contribution in [0.25, 0.3) is 0 Å². The first-order chi connectivity index (χ1) is 9.06. The molecule has 2 aromatic carbocycles. The predicted molar refractivity (Wildman–Crippen MR) is 76.6 cm³/mol. The molecule has 0 atom stereocenters. The molecule has 2 aromatic rings. The zero-order valence-electron chi connectivity index (χ0n) is 10.4. The molecule has 0 amide bonds. The van der Waals surface area contributed by atoms with E-state index >= 15 is 0 Å². The van der Waals surface area contributed by atoms with Gasteiger partial charge in [0.05, 0.1) is 5.56 Å². The number of rotatable bonds is 4. The molecule has 3 nitrogen and oxygen atoms in total. The fourth-order valence-electron chi connectivity index (χ4n) is 1.62. The van der Waals surface area contributed by atoms with E-state index in [2.05, 4.69) is 15.9 Å². The molecule has 0 unspecified atom stereocenters. The van der Waals surface area contributed by atoms with Crippen molar-refractivity contribution >= 4 is 21.9 Å². The zero-order valence-corrected chi connectivity index (χ0v) is 12.0. The molecule has 0 saturated carbocycles. The monoisotopic (exact) mass is 320 g/mol. The highest BCUT2D eigenvalue weighted by atomic mass is 79.9. The number of hydrogen-bond donors (Lipinski definition) is 1. The lowest BCUT2D eigenvalue weighted by atomic mass is 10.1. The molecule has 0 aliphatic carbocycles. The fourth-order valence-corrected chi connectivity index (χ4v) is 1.86. The van der Waals surface area contributed by atoms with Crippen molar-refractivity contribution in [1.82, 2.24) is 0 Å². The molecule has 0 aromatic heterocycles. The van der Waals surface area contributed by atoms with Crippen LogP contribution in [0.4, 0.5) is 0 Å². The molecular formula is C15H13BrO3. The minimum absolute atomic E-state index is 0.281. The Kier molecular flexibility index (Phi) is 4.22. The van der Waals surface area contributed by atoms with Crippen LogP contribution in [0.15, 0.2) is 46.9 Å². The van der Waals surface area contributed by atoms with Crippen molar-refractivity contribution in [3.8, 4) is 5.75 Å². The van der Waals surface area contributed by atoms with Crippen molar-refractivity contribution in [1.29, 1.82) is 0 Å². The van der Waals surface area contributed by atoms with Gasteiger partial charge in [0, 0.05) is 4.47 Å². The van der Waals surface area contributed by atoms with E-state index in [1.54, 1.807) is 24.3 Å². The van der Waals surface area contributed by atoms with Crippen molar-refractivity contribution in [2.24, 2.45) is 0 Å². The highest BCUT2D eigenvalue weighted by Gasteiger charge is 2.03. The van der Waals surface area contributed by atoms with Crippen LogP contribution >= 0.6 is 15.9 Å². The number of ether oxygens (including phenoxy) is 1. The quantitative estimate of drug-likeness (QED) is 0.924. The summed E-state index contributed by atoms with van der Waals surface area (Å²) in [5.74, 6) is -0.126. The van der Waals surface area contributed by atoms with Crippen LogP contribution in [0, 0.1) is 6.92 Å². The van der Waals surface area contributed by atoms with E-state index in [1.165, 1.54) is 0 Å². The first kappa shape index (κ1) is 13.6. The van der Waals surface area contributed by atoms with Gasteiger partial charge < -0.3 is 9.84 Å². The van der Waals surface area contributed by atoms with Crippen LogP contribution in [-0.2, 0) is 6.61 Å². The Morgan fingerprint density at radius 3 is 2.47 bits per heavy atom. The highest BCUT2D eigenvalue weighted by Crippen LogP contribution is 2.22. The topological polar surface area (TPSA) is 46.5 Å². The van der Waals surface area contributed by atoms with Gasteiger partial charge in [0.1, 0.15) is 12.4 Å². The molecule has 1 N–H and O–H groups in total. The fraction of sp³-hybridized carbons (Fsp3) is 0.133. The summed E-state index contributed by atoms with van der Waals surface area (Å²) in [4.78, 5) is 10.7. The lowest BCUT2D eigenvalue weighted by Crippen LogP contribution is -1.99. The van der Waals surface area contributed by atoms with Crippen molar-refractivity contribution in [3.63, 3.8) is 0 Å². The van der Waals surface area contributed by atoms with E-state index < -0.39 is 5.97 Å². The summed E-state index contributed by atoms with van der Waals surface area (Å²) in [7, 11) is 0. The third-order valence-electron chi connectivity index (χ3n) is 2.74. The standard InChI is InChI=1S/C15H13BrO3/c1-10-8-13(6-7-14(10)16)19-9-11-2-4-12(5-3-11)15(17)18/h2-8H,9H2,1H3,(H,17,18). The molecule has 0 radical (unpaired) electrons. The summed E-state index contributed by atoms with van der Waals surface area (Å²) < 4.78 is 6.71. The van der Waals surface area contributed by atoms with Gasteiger partial charge in [0.2, 0.25) is 0 Å². The van der Waals surface area contributed by atoms with Gasteiger partial charge in [-0.05, 0) is 48.4 Å². The predicted octanol–water partition coefficient (Wildman–Crippen LogP) is 4.03. The summed E-state index contributed by atoms with van der Waals surface area (Å²) in [5.41, 5.74) is 2.33. The van der Waals surface area contributed by atoms with Crippen molar-refractivity contribution < 1.29 is 14.6 Å². The molecule has 0 aliphatic rings. The summed E-state index contributed by atoms with van der Waals surface area (Å²) in [6.45, 7) is 2.42. The molecule has 0 aliphatic heterocycles. The van der Waals surface area contributed by atoms with Gasteiger partial charge in [0.25, 0.3) is 0 Å². The number of halogens is 1. The lowest BCUT2D eigenvalue weighted by molar-refractivity contribution is 0.0697. The first-order valence-corrected chi connectivity index (χ1v) is 6.57. The van der Waals surface area contributed by atoms with Gasteiger partial charge in [-0.15, -0.1) is 0 Å². The Hall–Kier alpha value is -1.81. The molecule has 0 bridgehead atoms.